The van der Waals surface area contributed by atoms with Gasteiger partial charge >= 0.3 is 5.97 Å². The molecule has 1 heterocycles. The van der Waals surface area contributed by atoms with Crippen molar-refractivity contribution >= 4 is 5.97 Å². The first-order valence-electron chi connectivity index (χ1n) is 4.37. The van der Waals surface area contributed by atoms with Gasteiger partial charge in [-0.3, -0.25) is 0 Å². The third kappa shape index (κ3) is 2.29. The molecule has 0 bridgehead atoms. The molecule has 1 fully saturated rings. The summed E-state index contributed by atoms with van der Waals surface area (Å²) in [5.74, 6) is 0.384. The zero-order valence-corrected chi connectivity index (χ0v) is 7.47. The number of aliphatic carboxylic acids is 1. The van der Waals surface area contributed by atoms with E-state index < -0.39 is 5.97 Å². The zero-order valence-electron chi connectivity index (χ0n) is 7.47. The number of carboxylic acids is 1. The minimum Gasteiger partial charge on any atom is -0.480 e. The molecule has 0 saturated heterocycles. The van der Waals surface area contributed by atoms with Gasteiger partial charge in [0.25, 0.3) is 0 Å². The molecule has 0 amide bonds. The monoisotopic (exact) mass is 198 g/mol. The van der Waals surface area contributed by atoms with E-state index in [9.17, 15) is 4.79 Å². The lowest BCUT2D eigenvalue weighted by molar-refractivity contribution is -0.142. The fraction of sp³-hybridized carbons (Fsp3) is 0.625. The Morgan fingerprint density at radius 3 is 3.00 bits per heavy atom. The van der Waals surface area contributed by atoms with Gasteiger partial charge < -0.3 is 14.3 Å². The van der Waals surface area contributed by atoms with Crippen molar-refractivity contribution in [2.45, 2.75) is 25.4 Å². The van der Waals surface area contributed by atoms with Crippen molar-refractivity contribution in [3.8, 4) is 0 Å². The molecule has 0 unspecified atom stereocenters. The number of carbonyl (C=O) groups is 1. The summed E-state index contributed by atoms with van der Waals surface area (Å²) in [5, 5.41) is 15.9. The number of nitrogens with zero attached hydrogens (tertiary/aromatic N) is 2. The molecule has 6 heteroatoms. The van der Waals surface area contributed by atoms with Crippen molar-refractivity contribution in [3.05, 3.63) is 11.8 Å². The fourth-order valence-electron chi connectivity index (χ4n) is 1.05. The minimum atomic E-state index is -1.01. The van der Waals surface area contributed by atoms with Crippen LogP contribution in [-0.4, -0.2) is 27.9 Å². The van der Waals surface area contributed by atoms with Gasteiger partial charge in [0, 0.05) is 5.92 Å². The molecule has 0 atom stereocenters. The highest BCUT2D eigenvalue weighted by Gasteiger charge is 2.29. The smallest absolute Gasteiger partial charge is 0.329 e. The number of ether oxygens (including phenoxy) is 1. The highest BCUT2D eigenvalue weighted by molar-refractivity contribution is 5.67. The molecule has 2 rings (SSSR count). The van der Waals surface area contributed by atoms with Gasteiger partial charge in [0.1, 0.15) is 13.2 Å². The first-order valence-corrected chi connectivity index (χ1v) is 4.37. The number of rotatable bonds is 5. The van der Waals surface area contributed by atoms with Crippen LogP contribution in [0.5, 0.6) is 0 Å². The molecular weight excluding hydrogens is 188 g/mol. The van der Waals surface area contributed by atoms with Crippen LogP contribution in [0.25, 0.3) is 0 Å². The van der Waals surface area contributed by atoms with Gasteiger partial charge in [-0.15, -0.1) is 10.2 Å². The summed E-state index contributed by atoms with van der Waals surface area (Å²) in [4.78, 5) is 10.1. The Bertz CT molecular complexity index is 332. The summed E-state index contributed by atoms with van der Waals surface area (Å²) in [6, 6.07) is 0. The lowest BCUT2D eigenvalue weighted by atomic mass is 10.4. The molecule has 76 valence electrons. The van der Waals surface area contributed by atoms with Crippen molar-refractivity contribution in [1.29, 1.82) is 0 Å². The van der Waals surface area contributed by atoms with Gasteiger partial charge in [0.2, 0.25) is 11.8 Å². The standard InChI is InChI=1S/C8H10N2O4/c11-7(12)4-13-3-6-9-10-8(14-6)5-1-2-5/h5H,1-4H2,(H,11,12). The van der Waals surface area contributed by atoms with Crippen molar-refractivity contribution in [2.24, 2.45) is 0 Å². The van der Waals surface area contributed by atoms with Gasteiger partial charge in [-0.1, -0.05) is 0 Å². The number of aromatic nitrogens is 2. The van der Waals surface area contributed by atoms with Gasteiger partial charge in [-0.05, 0) is 12.8 Å². The quantitative estimate of drug-likeness (QED) is 0.743. The SMILES string of the molecule is O=C(O)COCc1nnc(C2CC2)o1. The van der Waals surface area contributed by atoms with Crippen molar-refractivity contribution in [2.75, 3.05) is 6.61 Å². The van der Waals surface area contributed by atoms with Crippen LogP contribution < -0.4 is 0 Å². The molecule has 0 aromatic carbocycles. The maximum Gasteiger partial charge on any atom is 0.329 e. The van der Waals surface area contributed by atoms with Crippen LogP contribution in [0.15, 0.2) is 4.42 Å². The maximum atomic E-state index is 10.1. The van der Waals surface area contributed by atoms with E-state index in [1.54, 1.807) is 0 Å². The molecular formula is C8H10N2O4. The minimum absolute atomic E-state index is 0.0615. The third-order valence-corrected chi connectivity index (χ3v) is 1.86. The highest BCUT2D eigenvalue weighted by atomic mass is 16.5. The van der Waals surface area contributed by atoms with Gasteiger partial charge in [0.15, 0.2) is 0 Å². The van der Waals surface area contributed by atoms with E-state index >= 15 is 0 Å². The van der Waals surface area contributed by atoms with Crippen molar-refractivity contribution in [3.63, 3.8) is 0 Å². The largest absolute Gasteiger partial charge is 0.480 e. The van der Waals surface area contributed by atoms with E-state index in [4.69, 9.17) is 14.3 Å². The Kier molecular flexibility index (Phi) is 2.45. The van der Waals surface area contributed by atoms with Crippen LogP contribution in [0.3, 0.4) is 0 Å². The molecule has 0 aliphatic heterocycles. The van der Waals surface area contributed by atoms with Crippen LogP contribution in [0, 0.1) is 0 Å². The van der Waals surface area contributed by atoms with E-state index in [2.05, 4.69) is 10.2 Å². The number of hydrogen-bond donors (Lipinski definition) is 1. The number of hydrogen-bond acceptors (Lipinski definition) is 5. The van der Waals surface area contributed by atoms with Crippen molar-refractivity contribution < 1.29 is 19.1 Å². The Morgan fingerprint density at radius 1 is 1.57 bits per heavy atom. The molecule has 0 spiro atoms. The molecule has 14 heavy (non-hydrogen) atoms. The Balaban J connectivity index is 1.80. The summed E-state index contributed by atoms with van der Waals surface area (Å²) < 4.78 is 10.0. The second kappa shape index (κ2) is 3.75. The fourth-order valence-corrected chi connectivity index (χ4v) is 1.05. The molecule has 1 aliphatic rings. The average Bonchev–Trinajstić information content (AvgIpc) is 2.87. The molecule has 1 aromatic rings. The molecule has 1 saturated carbocycles. The summed E-state index contributed by atoms with van der Waals surface area (Å²) in [7, 11) is 0. The molecule has 1 aromatic heterocycles. The van der Waals surface area contributed by atoms with Crippen LogP contribution in [0.4, 0.5) is 0 Å². The van der Waals surface area contributed by atoms with Crippen molar-refractivity contribution in [1.82, 2.24) is 10.2 Å². The zero-order chi connectivity index (χ0) is 9.97. The predicted octanol–water partition coefficient (Wildman–Crippen LogP) is 0.548. The summed E-state index contributed by atoms with van der Waals surface area (Å²) in [6.07, 6.45) is 2.19. The number of carboxylic acid groups (broad SMARTS) is 1. The van der Waals surface area contributed by atoms with Crippen LogP contribution in [-0.2, 0) is 16.1 Å². The predicted molar refractivity (Wildman–Crippen MR) is 43.6 cm³/mol. The van der Waals surface area contributed by atoms with Crippen LogP contribution >= 0.6 is 0 Å². The first-order chi connectivity index (χ1) is 6.75. The average molecular weight is 198 g/mol. The van der Waals surface area contributed by atoms with Crippen LogP contribution in [0.1, 0.15) is 30.5 Å². The lowest BCUT2D eigenvalue weighted by Gasteiger charge is -1.94. The topological polar surface area (TPSA) is 85.5 Å². The second-order valence-corrected chi connectivity index (χ2v) is 3.19. The van der Waals surface area contributed by atoms with E-state index in [0.717, 1.165) is 12.8 Å². The van der Waals surface area contributed by atoms with E-state index in [-0.39, 0.29) is 13.2 Å². The van der Waals surface area contributed by atoms with E-state index in [1.807, 2.05) is 0 Å². The Morgan fingerprint density at radius 2 is 2.36 bits per heavy atom. The second-order valence-electron chi connectivity index (χ2n) is 3.19. The Labute approximate surface area is 79.9 Å². The van der Waals surface area contributed by atoms with Gasteiger partial charge in [0.05, 0.1) is 0 Å². The highest BCUT2D eigenvalue weighted by Crippen LogP contribution is 2.38. The third-order valence-electron chi connectivity index (χ3n) is 1.86. The van der Waals surface area contributed by atoms with E-state index in [1.165, 1.54) is 0 Å². The Hall–Kier alpha value is -1.43. The molecule has 1 N–H and O–H groups in total. The maximum absolute atomic E-state index is 10.1. The van der Waals surface area contributed by atoms with Gasteiger partial charge in [-0.25, -0.2) is 4.79 Å². The summed E-state index contributed by atoms with van der Waals surface area (Å²) in [6.45, 7) is -0.285. The molecule has 1 aliphatic carbocycles. The van der Waals surface area contributed by atoms with Crippen LogP contribution in [0.2, 0.25) is 0 Å². The van der Waals surface area contributed by atoms with E-state index in [0.29, 0.717) is 17.7 Å². The normalized spacial score (nSPS) is 15.7. The lowest BCUT2D eigenvalue weighted by Crippen LogP contribution is -2.06. The molecule has 6 nitrogen and oxygen atoms in total. The summed E-state index contributed by atoms with van der Waals surface area (Å²) >= 11 is 0. The van der Waals surface area contributed by atoms with Gasteiger partial charge in [-0.2, -0.15) is 0 Å². The summed E-state index contributed by atoms with van der Waals surface area (Å²) in [5.41, 5.74) is 0. The first kappa shape index (κ1) is 9.14. The molecule has 0 radical (unpaired) electrons.